The van der Waals surface area contributed by atoms with E-state index in [0.717, 1.165) is 5.69 Å². The van der Waals surface area contributed by atoms with Crippen LogP contribution in [0.1, 0.15) is 21.7 Å². The normalized spacial score (nSPS) is 10.5. The first kappa shape index (κ1) is 22.0. The standard InChI is InChI=1S/C22H22FN5O3/c1-28-14(13-25-9-10-29)11-19(27-28)22(30)26-18-7-3-5-15(17(18)12-24)16-6-4-8-20(31-2)21(16)23/h3-8,11,25,29H,9-10,13H2,1-2H3,(H,26,30). The summed E-state index contributed by atoms with van der Waals surface area (Å²) in [5.41, 5.74) is 1.84. The van der Waals surface area contributed by atoms with E-state index in [0.29, 0.717) is 18.7 Å². The van der Waals surface area contributed by atoms with E-state index in [9.17, 15) is 14.4 Å². The van der Waals surface area contributed by atoms with Gasteiger partial charge in [-0.3, -0.25) is 9.48 Å². The van der Waals surface area contributed by atoms with E-state index in [-0.39, 0.29) is 34.9 Å². The number of aliphatic hydroxyl groups is 1. The highest BCUT2D eigenvalue weighted by Gasteiger charge is 2.19. The van der Waals surface area contributed by atoms with Crippen LogP contribution in [0.4, 0.5) is 10.1 Å². The fraction of sp³-hybridized carbons (Fsp3) is 0.227. The van der Waals surface area contributed by atoms with Gasteiger partial charge in [0.05, 0.1) is 30.7 Å². The monoisotopic (exact) mass is 423 g/mol. The number of nitrogens with one attached hydrogen (secondary N) is 2. The van der Waals surface area contributed by atoms with Gasteiger partial charge in [-0.2, -0.15) is 10.4 Å². The number of nitrogens with zero attached hydrogens (tertiary/aromatic N) is 3. The van der Waals surface area contributed by atoms with Gasteiger partial charge in [0.1, 0.15) is 6.07 Å². The predicted molar refractivity (Wildman–Crippen MR) is 113 cm³/mol. The summed E-state index contributed by atoms with van der Waals surface area (Å²) in [6, 6.07) is 13.2. The van der Waals surface area contributed by atoms with E-state index in [1.807, 2.05) is 0 Å². The maximum absolute atomic E-state index is 14.8. The smallest absolute Gasteiger partial charge is 0.276 e. The van der Waals surface area contributed by atoms with Gasteiger partial charge in [-0.05, 0) is 18.2 Å². The fourth-order valence-electron chi connectivity index (χ4n) is 3.14. The Morgan fingerprint density at radius 1 is 1.29 bits per heavy atom. The largest absolute Gasteiger partial charge is 0.494 e. The molecule has 1 amide bonds. The molecule has 2 aromatic carbocycles. The lowest BCUT2D eigenvalue weighted by molar-refractivity contribution is 0.102. The topological polar surface area (TPSA) is 112 Å². The molecule has 0 saturated carbocycles. The molecule has 0 saturated heterocycles. The van der Waals surface area contributed by atoms with Crippen LogP contribution < -0.4 is 15.4 Å². The number of benzene rings is 2. The number of aromatic nitrogens is 2. The fourth-order valence-corrected chi connectivity index (χ4v) is 3.14. The highest BCUT2D eigenvalue weighted by molar-refractivity contribution is 6.04. The molecule has 0 aliphatic carbocycles. The molecule has 0 fully saturated rings. The van der Waals surface area contributed by atoms with Gasteiger partial charge in [-0.25, -0.2) is 4.39 Å². The molecule has 0 aliphatic heterocycles. The predicted octanol–water partition coefficient (Wildman–Crippen LogP) is 2.44. The van der Waals surface area contributed by atoms with Crippen LogP contribution in [-0.4, -0.2) is 41.1 Å². The zero-order chi connectivity index (χ0) is 22.4. The van der Waals surface area contributed by atoms with Crippen molar-refractivity contribution in [2.75, 3.05) is 25.6 Å². The Balaban J connectivity index is 1.90. The summed E-state index contributed by atoms with van der Waals surface area (Å²) in [6.07, 6.45) is 0. The summed E-state index contributed by atoms with van der Waals surface area (Å²) in [4.78, 5) is 12.7. The number of nitriles is 1. The Hall–Kier alpha value is -3.74. The first-order chi connectivity index (χ1) is 15.0. The summed E-state index contributed by atoms with van der Waals surface area (Å²) >= 11 is 0. The molecule has 0 unspecified atom stereocenters. The SMILES string of the molecule is COc1cccc(-c2cccc(NC(=O)c3cc(CNCCO)n(C)n3)c2C#N)c1F. The molecule has 0 bridgehead atoms. The number of ether oxygens (including phenoxy) is 1. The number of halogens is 1. The van der Waals surface area contributed by atoms with E-state index < -0.39 is 11.7 Å². The van der Waals surface area contributed by atoms with Crippen molar-refractivity contribution in [3.8, 4) is 22.9 Å². The van der Waals surface area contributed by atoms with E-state index in [4.69, 9.17) is 9.84 Å². The Morgan fingerprint density at radius 2 is 2.03 bits per heavy atom. The number of methoxy groups -OCH3 is 1. The van der Waals surface area contributed by atoms with Crippen molar-refractivity contribution in [3.05, 3.63) is 65.2 Å². The molecule has 1 aromatic heterocycles. The summed E-state index contributed by atoms with van der Waals surface area (Å²) in [7, 11) is 3.07. The number of hydrogen-bond donors (Lipinski definition) is 3. The van der Waals surface area contributed by atoms with Crippen molar-refractivity contribution in [1.82, 2.24) is 15.1 Å². The highest BCUT2D eigenvalue weighted by Crippen LogP contribution is 2.34. The van der Waals surface area contributed by atoms with Crippen LogP contribution in [0.25, 0.3) is 11.1 Å². The number of aliphatic hydroxyl groups excluding tert-OH is 1. The van der Waals surface area contributed by atoms with Crippen molar-refractivity contribution in [2.24, 2.45) is 7.05 Å². The average molecular weight is 423 g/mol. The van der Waals surface area contributed by atoms with E-state index in [1.54, 1.807) is 48.1 Å². The molecule has 3 aromatic rings. The molecule has 0 atom stereocenters. The van der Waals surface area contributed by atoms with Gasteiger partial charge >= 0.3 is 0 Å². The highest BCUT2D eigenvalue weighted by atomic mass is 19.1. The van der Waals surface area contributed by atoms with Gasteiger partial charge < -0.3 is 20.5 Å². The first-order valence-corrected chi connectivity index (χ1v) is 9.52. The van der Waals surface area contributed by atoms with Crippen molar-refractivity contribution in [2.45, 2.75) is 6.54 Å². The Bertz CT molecular complexity index is 1140. The van der Waals surface area contributed by atoms with Crippen molar-refractivity contribution >= 4 is 11.6 Å². The second kappa shape index (κ2) is 9.84. The average Bonchev–Trinajstić information content (AvgIpc) is 3.14. The van der Waals surface area contributed by atoms with Crippen LogP contribution >= 0.6 is 0 Å². The zero-order valence-corrected chi connectivity index (χ0v) is 17.1. The van der Waals surface area contributed by atoms with Crippen LogP contribution in [0.15, 0.2) is 42.5 Å². The Morgan fingerprint density at radius 3 is 2.74 bits per heavy atom. The molecule has 8 nitrogen and oxygen atoms in total. The number of anilines is 1. The van der Waals surface area contributed by atoms with E-state index >= 15 is 0 Å². The Kier molecular flexibility index (Phi) is 6.97. The molecule has 0 radical (unpaired) electrons. The minimum Gasteiger partial charge on any atom is -0.494 e. The van der Waals surface area contributed by atoms with Crippen LogP contribution in [-0.2, 0) is 13.6 Å². The molecule has 1 heterocycles. The second-order valence-electron chi connectivity index (χ2n) is 6.66. The molecule has 3 N–H and O–H groups in total. The van der Waals surface area contributed by atoms with Crippen LogP contribution in [0.2, 0.25) is 0 Å². The zero-order valence-electron chi connectivity index (χ0n) is 17.1. The maximum Gasteiger partial charge on any atom is 0.276 e. The molecule has 0 spiro atoms. The van der Waals surface area contributed by atoms with Gasteiger partial charge in [-0.15, -0.1) is 0 Å². The Labute approximate surface area is 178 Å². The quantitative estimate of drug-likeness (QED) is 0.480. The third kappa shape index (κ3) is 4.71. The van der Waals surface area contributed by atoms with Crippen LogP contribution in [0.5, 0.6) is 5.75 Å². The molecule has 160 valence electrons. The molecular weight excluding hydrogens is 401 g/mol. The van der Waals surface area contributed by atoms with Crippen molar-refractivity contribution in [3.63, 3.8) is 0 Å². The third-order valence-corrected chi connectivity index (χ3v) is 4.70. The number of rotatable bonds is 8. The van der Waals surface area contributed by atoms with Gasteiger partial charge in [0.25, 0.3) is 5.91 Å². The summed E-state index contributed by atoms with van der Waals surface area (Å²) < 4.78 is 21.3. The maximum atomic E-state index is 14.8. The summed E-state index contributed by atoms with van der Waals surface area (Å²) in [5, 5.41) is 28.5. The second-order valence-corrected chi connectivity index (χ2v) is 6.66. The first-order valence-electron chi connectivity index (χ1n) is 9.52. The summed E-state index contributed by atoms with van der Waals surface area (Å²) in [6.45, 7) is 0.865. The van der Waals surface area contributed by atoms with E-state index in [1.165, 1.54) is 13.2 Å². The molecule has 9 heteroatoms. The minimum atomic E-state index is -0.588. The lowest BCUT2D eigenvalue weighted by Crippen LogP contribution is -2.19. The lowest BCUT2D eigenvalue weighted by atomic mass is 9.98. The minimum absolute atomic E-state index is 0.00630. The van der Waals surface area contributed by atoms with Crippen LogP contribution in [0, 0.1) is 17.1 Å². The lowest BCUT2D eigenvalue weighted by Gasteiger charge is -2.12. The summed E-state index contributed by atoms with van der Waals surface area (Å²) in [5.74, 6) is -1.02. The van der Waals surface area contributed by atoms with Gasteiger partial charge in [0, 0.05) is 31.3 Å². The van der Waals surface area contributed by atoms with Gasteiger partial charge in [0.2, 0.25) is 0 Å². The number of aryl methyl sites for hydroxylation is 1. The number of amides is 1. The van der Waals surface area contributed by atoms with Crippen LogP contribution in [0.3, 0.4) is 0 Å². The molecule has 3 rings (SSSR count). The van der Waals surface area contributed by atoms with E-state index in [2.05, 4.69) is 21.8 Å². The van der Waals surface area contributed by atoms with Crippen molar-refractivity contribution < 1.29 is 19.0 Å². The van der Waals surface area contributed by atoms with Gasteiger partial charge in [0.15, 0.2) is 17.3 Å². The van der Waals surface area contributed by atoms with Crippen molar-refractivity contribution in [1.29, 1.82) is 5.26 Å². The number of hydrogen-bond acceptors (Lipinski definition) is 6. The molecule has 31 heavy (non-hydrogen) atoms. The molecule has 0 aliphatic rings. The third-order valence-electron chi connectivity index (χ3n) is 4.70. The number of carbonyl (C=O) groups is 1. The van der Waals surface area contributed by atoms with Gasteiger partial charge in [-0.1, -0.05) is 24.3 Å². The molecular formula is C22H22FN5O3. The number of carbonyl (C=O) groups excluding carboxylic acids is 1.